The summed E-state index contributed by atoms with van der Waals surface area (Å²) in [6.45, 7) is 1.44. The molecule has 0 N–H and O–H groups in total. The van der Waals surface area contributed by atoms with Gasteiger partial charge in [-0.15, -0.1) is 0 Å². The van der Waals surface area contributed by atoms with Crippen molar-refractivity contribution >= 4 is 15.9 Å². The Hall–Kier alpha value is -0.870. The topological polar surface area (TPSA) is 66.9 Å². The van der Waals surface area contributed by atoms with Gasteiger partial charge >= 0.3 is 6.18 Å². The van der Waals surface area contributed by atoms with E-state index in [9.17, 15) is 26.4 Å². The van der Waals surface area contributed by atoms with Crippen molar-refractivity contribution in [1.29, 1.82) is 0 Å². The maximum Gasteiger partial charge on any atom is 0.402 e. The predicted molar refractivity (Wildman–Crippen MR) is 80.7 cm³/mol. The number of hydrogen-bond donors (Lipinski definition) is 0. The van der Waals surface area contributed by atoms with Gasteiger partial charge in [0, 0.05) is 25.7 Å². The normalized spacial score (nSPS) is 26.0. The Kier molecular flexibility index (Phi) is 5.81. The van der Waals surface area contributed by atoms with E-state index >= 15 is 0 Å². The smallest absolute Gasteiger partial charge is 0.378 e. The van der Waals surface area contributed by atoms with Crippen molar-refractivity contribution in [2.24, 2.45) is 5.92 Å². The molecule has 10 heteroatoms. The summed E-state index contributed by atoms with van der Waals surface area (Å²) >= 11 is 0. The summed E-state index contributed by atoms with van der Waals surface area (Å²) < 4.78 is 67.2. The maximum atomic E-state index is 12.6. The van der Waals surface area contributed by atoms with Gasteiger partial charge in [0.05, 0.1) is 18.3 Å². The predicted octanol–water partition coefficient (Wildman–Crippen LogP) is 1.23. The van der Waals surface area contributed by atoms with Crippen LogP contribution in [0.2, 0.25) is 0 Å². The fourth-order valence-corrected chi connectivity index (χ4v) is 4.27. The number of ether oxygens (including phenoxy) is 1. The molecule has 1 saturated heterocycles. The lowest BCUT2D eigenvalue weighted by atomic mass is 10.0. The van der Waals surface area contributed by atoms with Crippen molar-refractivity contribution in [1.82, 2.24) is 9.21 Å². The molecular formula is C14H23F3N2O4S. The largest absolute Gasteiger partial charge is 0.402 e. The van der Waals surface area contributed by atoms with Crippen LogP contribution in [0, 0.1) is 5.92 Å². The van der Waals surface area contributed by atoms with Crippen LogP contribution < -0.4 is 0 Å². The van der Waals surface area contributed by atoms with Gasteiger partial charge in [0.25, 0.3) is 0 Å². The molecule has 0 radical (unpaired) electrons. The van der Waals surface area contributed by atoms with Crippen LogP contribution in [0.25, 0.3) is 0 Å². The zero-order valence-electron chi connectivity index (χ0n) is 13.8. The maximum absolute atomic E-state index is 12.6. The molecule has 1 aliphatic carbocycles. The van der Waals surface area contributed by atoms with Gasteiger partial charge in [-0.05, 0) is 26.2 Å². The van der Waals surface area contributed by atoms with Gasteiger partial charge < -0.3 is 9.64 Å². The van der Waals surface area contributed by atoms with Crippen molar-refractivity contribution in [3.8, 4) is 0 Å². The molecule has 1 amide bonds. The standard InChI is InChI=1S/C14H23F3N2O4S/c1-3-23-12-8-11(12)13(20)18-6-4-10(5-7-18)19(24(2,21)22)9-14(15,16)17/h10-12H,3-9H2,1-2H3. The first-order valence-electron chi connectivity index (χ1n) is 7.97. The molecule has 0 aromatic carbocycles. The number of hydrogen-bond acceptors (Lipinski definition) is 4. The summed E-state index contributed by atoms with van der Waals surface area (Å²) in [5.41, 5.74) is 0. The number of amides is 1. The summed E-state index contributed by atoms with van der Waals surface area (Å²) in [7, 11) is -3.97. The van der Waals surface area contributed by atoms with Gasteiger partial charge in [-0.3, -0.25) is 4.79 Å². The van der Waals surface area contributed by atoms with Crippen LogP contribution in [0.3, 0.4) is 0 Å². The minimum Gasteiger partial charge on any atom is -0.378 e. The van der Waals surface area contributed by atoms with Gasteiger partial charge in [-0.1, -0.05) is 0 Å². The molecule has 0 bridgehead atoms. The number of carbonyl (C=O) groups is 1. The monoisotopic (exact) mass is 372 g/mol. The molecule has 2 unspecified atom stereocenters. The van der Waals surface area contributed by atoms with E-state index in [2.05, 4.69) is 0 Å². The summed E-state index contributed by atoms with van der Waals surface area (Å²) in [5, 5.41) is 0. The number of halogens is 3. The lowest BCUT2D eigenvalue weighted by Gasteiger charge is -2.37. The van der Waals surface area contributed by atoms with Crippen LogP contribution in [0.5, 0.6) is 0 Å². The first kappa shape index (κ1) is 19.5. The fourth-order valence-electron chi connectivity index (χ4n) is 3.13. The van der Waals surface area contributed by atoms with Crippen LogP contribution in [0.1, 0.15) is 26.2 Å². The lowest BCUT2D eigenvalue weighted by molar-refractivity contribution is -0.143. The van der Waals surface area contributed by atoms with E-state index in [1.165, 1.54) is 0 Å². The highest BCUT2D eigenvalue weighted by molar-refractivity contribution is 7.88. The van der Waals surface area contributed by atoms with Gasteiger partial charge in [-0.2, -0.15) is 17.5 Å². The molecule has 2 aliphatic rings. The summed E-state index contributed by atoms with van der Waals surface area (Å²) in [5.74, 6) is -0.212. The molecule has 2 rings (SSSR count). The van der Waals surface area contributed by atoms with Crippen LogP contribution in [0.15, 0.2) is 0 Å². The Labute approximate surface area is 140 Å². The van der Waals surface area contributed by atoms with Crippen molar-refractivity contribution < 1.29 is 31.1 Å². The van der Waals surface area contributed by atoms with E-state index in [1.54, 1.807) is 4.90 Å². The van der Waals surface area contributed by atoms with Gasteiger partial charge in [0.1, 0.15) is 6.54 Å². The lowest BCUT2D eigenvalue weighted by Crippen LogP contribution is -2.51. The third kappa shape index (κ3) is 5.06. The van der Waals surface area contributed by atoms with E-state index in [0.717, 1.165) is 6.26 Å². The molecule has 0 spiro atoms. The molecule has 1 saturated carbocycles. The van der Waals surface area contributed by atoms with Crippen LogP contribution >= 0.6 is 0 Å². The van der Waals surface area contributed by atoms with E-state index in [-0.39, 0.29) is 43.9 Å². The van der Waals surface area contributed by atoms with Gasteiger partial charge in [0.2, 0.25) is 15.9 Å². The molecule has 140 valence electrons. The quantitative estimate of drug-likeness (QED) is 0.703. The molecule has 6 nitrogen and oxygen atoms in total. The molecule has 0 aromatic rings. The van der Waals surface area contributed by atoms with E-state index in [1.807, 2.05) is 6.92 Å². The Morgan fingerprint density at radius 2 is 1.88 bits per heavy atom. The number of carbonyl (C=O) groups excluding carboxylic acids is 1. The second-order valence-corrected chi connectivity index (χ2v) is 8.25. The summed E-state index contributed by atoms with van der Waals surface area (Å²) in [6.07, 6.45) is -2.77. The number of sulfonamides is 1. The van der Waals surface area contributed by atoms with Crippen molar-refractivity contribution in [3.05, 3.63) is 0 Å². The molecule has 1 heterocycles. The van der Waals surface area contributed by atoms with Crippen molar-refractivity contribution in [2.75, 3.05) is 32.5 Å². The molecule has 24 heavy (non-hydrogen) atoms. The second kappa shape index (κ2) is 7.17. The third-order valence-corrected chi connectivity index (χ3v) is 5.65. The molecular weight excluding hydrogens is 349 g/mol. The average Bonchev–Trinajstić information content (AvgIpc) is 3.22. The Morgan fingerprint density at radius 3 is 2.33 bits per heavy atom. The highest BCUT2D eigenvalue weighted by atomic mass is 32.2. The Morgan fingerprint density at radius 1 is 1.29 bits per heavy atom. The minimum absolute atomic E-state index is 0.0476. The highest BCUT2D eigenvalue weighted by Crippen LogP contribution is 2.36. The zero-order valence-corrected chi connectivity index (χ0v) is 14.6. The molecule has 1 aliphatic heterocycles. The number of likely N-dealkylation sites (tertiary alicyclic amines) is 1. The molecule has 0 aromatic heterocycles. The average molecular weight is 372 g/mol. The summed E-state index contributed by atoms with van der Waals surface area (Å²) in [6, 6.07) is -0.729. The molecule has 2 fully saturated rings. The minimum atomic E-state index is -4.59. The number of nitrogens with zero attached hydrogens (tertiary/aromatic N) is 2. The number of piperidine rings is 1. The molecule has 2 atom stereocenters. The van der Waals surface area contributed by atoms with Crippen molar-refractivity contribution in [2.45, 2.75) is 44.5 Å². The fraction of sp³-hybridized carbons (Fsp3) is 0.929. The SMILES string of the molecule is CCOC1CC1C(=O)N1CCC(N(CC(F)(F)F)S(C)(=O)=O)CC1. The summed E-state index contributed by atoms with van der Waals surface area (Å²) in [4.78, 5) is 13.9. The first-order valence-corrected chi connectivity index (χ1v) is 9.81. The van der Waals surface area contributed by atoms with Crippen LogP contribution in [0.4, 0.5) is 13.2 Å². The second-order valence-electron chi connectivity index (χ2n) is 6.32. The van der Waals surface area contributed by atoms with Crippen LogP contribution in [-0.2, 0) is 19.6 Å². The zero-order chi connectivity index (χ0) is 18.1. The van der Waals surface area contributed by atoms with Gasteiger partial charge in [0.15, 0.2) is 0 Å². The van der Waals surface area contributed by atoms with Gasteiger partial charge in [-0.25, -0.2) is 8.42 Å². The van der Waals surface area contributed by atoms with E-state index in [4.69, 9.17) is 4.74 Å². The van der Waals surface area contributed by atoms with Crippen LogP contribution in [-0.4, -0.2) is 74.3 Å². The number of rotatable bonds is 6. The Balaban J connectivity index is 1.92. The number of alkyl halides is 3. The van der Waals surface area contributed by atoms with E-state index in [0.29, 0.717) is 17.3 Å². The Bertz CT molecular complexity index is 559. The van der Waals surface area contributed by atoms with Crippen molar-refractivity contribution in [3.63, 3.8) is 0 Å². The third-order valence-electron chi connectivity index (χ3n) is 4.37. The highest BCUT2D eigenvalue weighted by Gasteiger charge is 2.47. The van der Waals surface area contributed by atoms with E-state index < -0.39 is 28.8 Å². The first-order chi connectivity index (χ1) is 11.0.